The number of nitrogen functional groups attached to an aromatic ring is 2. The Labute approximate surface area is 114 Å². The van der Waals surface area contributed by atoms with Crippen molar-refractivity contribution in [3.63, 3.8) is 0 Å². The van der Waals surface area contributed by atoms with Crippen LogP contribution >= 0.6 is 0 Å². The topological polar surface area (TPSA) is 107 Å². The van der Waals surface area contributed by atoms with Gasteiger partial charge in [0.2, 0.25) is 11.9 Å². The molecule has 0 bridgehead atoms. The lowest BCUT2D eigenvalue weighted by atomic mass is 9.86. The lowest BCUT2D eigenvalue weighted by molar-refractivity contribution is -0.116. The molecular weight excluding hydrogens is 261 g/mol. The number of carbonyl (C=O) groups is 1. The van der Waals surface area contributed by atoms with E-state index in [2.05, 4.69) is 15.3 Å². The molecule has 0 aliphatic carbocycles. The third-order valence-corrected chi connectivity index (χ3v) is 3.27. The summed E-state index contributed by atoms with van der Waals surface area (Å²) in [6.45, 7) is 0. The lowest BCUT2D eigenvalue weighted by Gasteiger charge is -2.26. The minimum Gasteiger partial charge on any atom is -0.383 e. The smallest absolute Gasteiger partial charge is 0.226 e. The molecule has 0 saturated carbocycles. The van der Waals surface area contributed by atoms with E-state index < -0.39 is 11.7 Å². The van der Waals surface area contributed by atoms with Gasteiger partial charge in [0.15, 0.2) is 0 Å². The highest BCUT2D eigenvalue weighted by atomic mass is 19.1. The summed E-state index contributed by atoms with van der Waals surface area (Å²) < 4.78 is 14.0. The van der Waals surface area contributed by atoms with Gasteiger partial charge in [-0.1, -0.05) is 18.2 Å². The van der Waals surface area contributed by atoms with Gasteiger partial charge >= 0.3 is 0 Å². The zero-order valence-electron chi connectivity index (χ0n) is 10.4. The molecule has 102 valence electrons. The molecule has 6 nitrogen and oxygen atoms in total. The molecule has 0 radical (unpaired) electrons. The molecule has 2 aromatic rings. The average Bonchev–Trinajstić information content (AvgIpc) is 2.37. The van der Waals surface area contributed by atoms with E-state index in [-0.39, 0.29) is 29.9 Å². The standard InChI is InChI=1S/C13H12FN5O/c14-8-4-2-1-3-6(8)7-5-9(20)17-12-10(7)11(15)18-13(16)19-12/h1-4,7H,5H2,(H5,15,16,17,18,19,20)/t7-/m0/s1. The van der Waals surface area contributed by atoms with Gasteiger partial charge in [-0.3, -0.25) is 4.79 Å². The molecule has 5 N–H and O–H groups in total. The average molecular weight is 273 g/mol. The lowest BCUT2D eigenvalue weighted by Crippen LogP contribution is -2.27. The second-order valence-electron chi connectivity index (χ2n) is 4.56. The monoisotopic (exact) mass is 273 g/mol. The zero-order chi connectivity index (χ0) is 14.3. The molecule has 0 fully saturated rings. The molecule has 1 aromatic heterocycles. The van der Waals surface area contributed by atoms with Gasteiger partial charge in [0.25, 0.3) is 0 Å². The zero-order valence-corrected chi connectivity index (χ0v) is 10.4. The predicted molar refractivity (Wildman–Crippen MR) is 72.3 cm³/mol. The number of carbonyl (C=O) groups excluding carboxylic acids is 1. The molecule has 0 saturated heterocycles. The van der Waals surface area contributed by atoms with Crippen molar-refractivity contribution in [2.75, 3.05) is 16.8 Å². The van der Waals surface area contributed by atoms with E-state index in [1.807, 2.05) is 0 Å². The van der Waals surface area contributed by atoms with Crippen LogP contribution < -0.4 is 16.8 Å². The first-order valence-corrected chi connectivity index (χ1v) is 6.03. The van der Waals surface area contributed by atoms with Crippen molar-refractivity contribution in [1.82, 2.24) is 9.97 Å². The van der Waals surface area contributed by atoms with Crippen LogP contribution in [0.15, 0.2) is 24.3 Å². The highest BCUT2D eigenvalue weighted by molar-refractivity contribution is 5.95. The molecule has 1 aliphatic rings. The largest absolute Gasteiger partial charge is 0.383 e. The van der Waals surface area contributed by atoms with E-state index >= 15 is 0 Å². The fraction of sp³-hybridized carbons (Fsp3) is 0.154. The van der Waals surface area contributed by atoms with Gasteiger partial charge in [-0.05, 0) is 11.6 Å². The molecule has 2 heterocycles. The first kappa shape index (κ1) is 12.3. The number of aromatic nitrogens is 2. The van der Waals surface area contributed by atoms with Crippen LogP contribution in [0.4, 0.5) is 22.0 Å². The van der Waals surface area contributed by atoms with Gasteiger partial charge < -0.3 is 16.8 Å². The Morgan fingerprint density at radius 1 is 1.25 bits per heavy atom. The Morgan fingerprint density at radius 3 is 2.75 bits per heavy atom. The van der Waals surface area contributed by atoms with Crippen LogP contribution in [0.1, 0.15) is 23.5 Å². The van der Waals surface area contributed by atoms with Crippen LogP contribution in [0, 0.1) is 5.82 Å². The summed E-state index contributed by atoms with van der Waals surface area (Å²) in [4.78, 5) is 19.6. The number of benzene rings is 1. The molecular formula is C13H12FN5O. The highest BCUT2D eigenvalue weighted by Gasteiger charge is 2.32. The van der Waals surface area contributed by atoms with Crippen molar-refractivity contribution in [1.29, 1.82) is 0 Å². The predicted octanol–water partition coefficient (Wildman–Crippen LogP) is 1.25. The maximum Gasteiger partial charge on any atom is 0.226 e. The number of hydrogen-bond donors (Lipinski definition) is 3. The van der Waals surface area contributed by atoms with E-state index in [0.29, 0.717) is 11.1 Å². The Hall–Kier alpha value is -2.70. The summed E-state index contributed by atoms with van der Waals surface area (Å²) in [6, 6.07) is 6.26. The minimum atomic E-state index is -0.513. The summed E-state index contributed by atoms with van der Waals surface area (Å²) in [5, 5.41) is 2.59. The van der Waals surface area contributed by atoms with E-state index in [1.54, 1.807) is 18.2 Å². The Bertz CT molecular complexity index is 703. The summed E-state index contributed by atoms with van der Waals surface area (Å²) in [7, 11) is 0. The van der Waals surface area contributed by atoms with Crippen LogP contribution in [0.25, 0.3) is 0 Å². The molecule has 0 unspecified atom stereocenters. The number of halogens is 1. The Kier molecular flexibility index (Phi) is 2.74. The second-order valence-corrected chi connectivity index (χ2v) is 4.56. The number of fused-ring (bicyclic) bond motifs is 1. The van der Waals surface area contributed by atoms with Gasteiger partial charge in [-0.25, -0.2) is 4.39 Å². The molecule has 1 atom stereocenters. The third kappa shape index (κ3) is 1.93. The molecule has 1 aromatic carbocycles. The number of nitrogens with zero attached hydrogens (tertiary/aromatic N) is 2. The number of anilines is 3. The fourth-order valence-electron chi connectivity index (χ4n) is 2.44. The van der Waals surface area contributed by atoms with E-state index in [9.17, 15) is 9.18 Å². The van der Waals surface area contributed by atoms with Gasteiger partial charge in [0.1, 0.15) is 17.5 Å². The van der Waals surface area contributed by atoms with Gasteiger partial charge in [0.05, 0.1) is 0 Å². The summed E-state index contributed by atoms with van der Waals surface area (Å²) in [5.74, 6) is -0.797. The molecule has 20 heavy (non-hydrogen) atoms. The van der Waals surface area contributed by atoms with Crippen molar-refractivity contribution >= 4 is 23.5 Å². The van der Waals surface area contributed by atoms with Crippen LogP contribution in [0.3, 0.4) is 0 Å². The molecule has 7 heteroatoms. The Morgan fingerprint density at radius 2 is 2.00 bits per heavy atom. The second kappa shape index (κ2) is 4.44. The van der Waals surface area contributed by atoms with E-state index in [4.69, 9.17) is 11.5 Å². The molecule has 3 rings (SSSR count). The maximum absolute atomic E-state index is 14.0. The SMILES string of the molecule is Nc1nc(N)c2c(n1)NC(=O)C[C@H]2c1ccccc1F. The van der Waals surface area contributed by atoms with E-state index in [1.165, 1.54) is 6.07 Å². The number of amides is 1. The van der Waals surface area contributed by atoms with Crippen molar-refractivity contribution in [3.05, 3.63) is 41.2 Å². The summed E-state index contributed by atoms with van der Waals surface area (Å²) in [6.07, 6.45) is 0.0887. The van der Waals surface area contributed by atoms with Gasteiger partial charge in [0, 0.05) is 17.9 Å². The van der Waals surface area contributed by atoms with E-state index in [0.717, 1.165) is 0 Å². The molecule has 1 aliphatic heterocycles. The van der Waals surface area contributed by atoms with Crippen molar-refractivity contribution < 1.29 is 9.18 Å². The summed E-state index contributed by atoms with van der Waals surface area (Å²) >= 11 is 0. The van der Waals surface area contributed by atoms with Gasteiger partial charge in [-0.15, -0.1) is 0 Å². The number of nitrogens with two attached hydrogens (primary N) is 2. The normalized spacial score (nSPS) is 17.4. The summed E-state index contributed by atoms with van der Waals surface area (Å²) in [5.41, 5.74) is 12.3. The number of rotatable bonds is 1. The fourth-order valence-corrected chi connectivity index (χ4v) is 2.44. The van der Waals surface area contributed by atoms with Crippen LogP contribution in [-0.4, -0.2) is 15.9 Å². The first-order valence-electron chi connectivity index (χ1n) is 6.03. The molecule has 0 spiro atoms. The maximum atomic E-state index is 14.0. The Balaban J connectivity index is 2.20. The highest BCUT2D eigenvalue weighted by Crippen LogP contribution is 2.39. The minimum absolute atomic E-state index is 0.0317. The van der Waals surface area contributed by atoms with Crippen molar-refractivity contribution in [2.24, 2.45) is 0 Å². The van der Waals surface area contributed by atoms with Gasteiger partial charge in [-0.2, -0.15) is 9.97 Å². The number of nitrogens with one attached hydrogen (secondary N) is 1. The quantitative estimate of drug-likeness (QED) is 0.725. The van der Waals surface area contributed by atoms with Crippen LogP contribution in [0.2, 0.25) is 0 Å². The first-order chi connectivity index (χ1) is 9.56. The van der Waals surface area contributed by atoms with Crippen molar-refractivity contribution in [3.8, 4) is 0 Å². The number of hydrogen-bond acceptors (Lipinski definition) is 5. The third-order valence-electron chi connectivity index (χ3n) is 3.27. The molecule has 1 amide bonds. The van der Waals surface area contributed by atoms with Crippen LogP contribution in [-0.2, 0) is 4.79 Å². The van der Waals surface area contributed by atoms with Crippen molar-refractivity contribution in [2.45, 2.75) is 12.3 Å². The van der Waals surface area contributed by atoms with Crippen LogP contribution in [0.5, 0.6) is 0 Å².